The van der Waals surface area contributed by atoms with Crippen LogP contribution in [0.4, 0.5) is 5.69 Å². The number of nitrogens with zero attached hydrogens (tertiary/aromatic N) is 1. The molecule has 0 radical (unpaired) electrons. The Bertz CT molecular complexity index is 982. The van der Waals surface area contributed by atoms with Gasteiger partial charge in [-0.1, -0.05) is 41.9 Å². The molecule has 1 aliphatic carbocycles. The van der Waals surface area contributed by atoms with Gasteiger partial charge in [0.1, 0.15) is 5.75 Å². The number of phenolic OH excluding ortho intramolecular Hbond substituents is 1. The number of phenols is 1. The van der Waals surface area contributed by atoms with E-state index in [2.05, 4.69) is 21.2 Å². The lowest BCUT2D eigenvalue weighted by Crippen LogP contribution is -2.31. The van der Waals surface area contributed by atoms with E-state index >= 15 is 0 Å². The second kappa shape index (κ2) is 7.85. The van der Waals surface area contributed by atoms with Crippen molar-refractivity contribution in [3.8, 4) is 5.75 Å². The second-order valence-electron chi connectivity index (χ2n) is 6.81. The molecular weight excluding hydrogens is 444 g/mol. The first-order valence-corrected chi connectivity index (χ1v) is 11.4. The van der Waals surface area contributed by atoms with Gasteiger partial charge >= 0.3 is 0 Å². The Hall–Kier alpha value is -1.90. The van der Waals surface area contributed by atoms with Crippen LogP contribution in [-0.4, -0.2) is 36.8 Å². The predicted octanol–water partition coefficient (Wildman–Crippen LogP) is 3.86. The van der Waals surface area contributed by atoms with Gasteiger partial charge in [0.05, 0.1) is 16.0 Å². The summed E-state index contributed by atoms with van der Waals surface area (Å²) in [5, 5.41) is 12.9. The minimum absolute atomic E-state index is 0.0396. The van der Waals surface area contributed by atoms with Gasteiger partial charge in [0, 0.05) is 17.6 Å². The molecule has 0 bridgehead atoms. The van der Waals surface area contributed by atoms with Gasteiger partial charge in [-0.3, -0.25) is 4.79 Å². The van der Waals surface area contributed by atoms with Crippen molar-refractivity contribution in [1.29, 1.82) is 0 Å². The van der Waals surface area contributed by atoms with Crippen molar-refractivity contribution in [2.24, 2.45) is 0 Å². The van der Waals surface area contributed by atoms with Crippen LogP contribution in [0.5, 0.6) is 5.75 Å². The van der Waals surface area contributed by atoms with Crippen LogP contribution in [0, 0.1) is 0 Å². The van der Waals surface area contributed by atoms with E-state index in [1.165, 1.54) is 22.5 Å². The third kappa shape index (κ3) is 3.81. The van der Waals surface area contributed by atoms with Crippen LogP contribution in [0.1, 0.15) is 32.3 Å². The number of aromatic hydroxyl groups is 1. The number of nitrogens with one attached hydrogen (secondary N) is 1. The van der Waals surface area contributed by atoms with Crippen LogP contribution in [0.15, 0.2) is 51.8 Å². The molecule has 6 nitrogen and oxygen atoms in total. The van der Waals surface area contributed by atoms with Crippen molar-refractivity contribution in [3.63, 3.8) is 0 Å². The summed E-state index contributed by atoms with van der Waals surface area (Å²) in [4.78, 5) is 13.0. The summed E-state index contributed by atoms with van der Waals surface area (Å²) in [6.07, 6.45) is 1.41. The van der Waals surface area contributed by atoms with E-state index in [1.54, 1.807) is 13.8 Å². The monoisotopic (exact) mass is 466 g/mol. The summed E-state index contributed by atoms with van der Waals surface area (Å²) in [5.41, 5.74) is 0.363. The van der Waals surface area contributed by atoms with Crippen molar-refractivity contribution < 1.29 is 18.3 Å². The SMILES string of the molecule is CCN(CC)S(=O)(=O)c1ccc(O)c(NC(=O)C2(c3ccc(Br)cc3)CC2)c1. The highest BCUT2D eigenvalue weighted by Gasteiger charge is 2.51. The lowest BCUT2D eigenvalue weighted by atomic mass is 9.95. The fourth-order valence-corrected chi connectivity index (χ4v) is 5.02. The first-order valence-electron chi connectivity index (χ1n) is 9.15. The second-order valence-corrected chi connectivity index (χ2v) is 9.67. The van der Waals surface area contributed by atoms with Gasteiger partial charge < -0.3 is 10.4 Å². The minimum atomic E-state index is -3.69. The number of hydrogen-bond acceptors (Lipinski definition) is 4. The van der Waals surface area contributed by atoms with Crippen molar-refractivity contribution in [2.75, 3.05) is 18.4 Å². The summed E-state index contributed by atoms with van der Waals surface area (Å²) in [7, 11) is -3.69. The minimum Gasteiger partial charge on any atom is -0.506 e. The van der Waals surface area contributed by atoms with Crippen LogP contribution in [0.25, 0.3) is 0 Å². The molecule has 1 saturated carbocycles. The number of carbonyl (C=O) groups is 1. The van der Waals surface area contributed by atoms with E-state index in [1.807, 2.05) is 24.3 Å². The van der Waals surface area contributed by atoms with Crippen LogP contribution in [0.2, 0.25) is 0 Å². The summed E-state index contributed by atoms with van der Waals surface area (Å²) in [6.45, 7) is 4.21. The van der Waals surface area contributed by atoms with Crippen molar-refractivity contribution >= 4 is 37.5 Å². The van der Waals surface area contributed by atoms with Crippen molar-refractivity contribution in [3.05, 3.63) is 52.5 Å². The van der Waals surface area contributed by atoms with Crippen LogP contribution in [0.3, 0.4) is 0 Å². The molecule has 0 heterocycles. The number of amides is 1. The highest BCUT2D eigenvalue weighted by Crippen LogP contribution is 2.49. The number of halogens is 1. The van der Waals surface area contributed by atoms with E-state index in [0.717, 1.165) is 10.0 Å². The van der Waals surface area contributed by atoms with Crippen LogP contribution >= 0.6 is 15.9 Å². The normalized spacial score (nSPS) is 15.4. The maximum Gasteiger partial charge on any atom is 0.243 e. The Morgan fingerprint density at radius 1 is 1.14 bits per heavy atom. The average molecular weight is 467 g/mol. The molecule has 0 saturated heterocycles. The van der Waals surface area contributed by atoms with Crippen LogP contribution < -0.4 is 5.32 Å². The van der Waals surface area contributed by atoms with Gasteiger partial charge in [-0.05, 0) is 48.7 Å². The average Bonchev–Trinajstić information content (AvgIpc) is 3.46. The van der Waals surface area contributed by atoms with E-state index in [0.29, 0.717) is 25.9 Å². The molecule has 0 unspecified atom stereocenters. The van der Waals surface area contributed by atoms with Gasteiger partial charge in [-0.2, -0.15) is 4.31 Å². The van der Waals surface area contributed by atoms with Gasteiger partial charge in [-0.25, -0.2) is 8.42 Å². The van der Waals surface area contributed by atoms with Gasteiger partial charge in [0.2, 0.25) is 15.9 Å². The van der Waals surface area contributed by atoms with E-state index in [4.69, 9.17) is 0 Å². The lowest BCUT2D eigenvalue weighted by molar-refractivity contribution is -0.118. The maximum absolute atomic E-state index is 12.9. The largest absolute Gasteiger partial charge is 0.506 e. The fraction of sp³-hybridized carbons (Fsp3) is 0.350. The van der Waals surface area contributed by atoms with Gasteiger partial charge in [0.25, 0.3) is 0 Å². The number of benzene rings is 2. The third-order valence-corrected chi connectivity index (χ3v) is 7.72. The smallest absolute Gasteiger partial charge is 0.243 e. The summed E-state index contributed by atoms with van der Waals surface area (Å²) < 4.78 is 27.7. The first kappa shape index (κ1) is 20.8. The molecule has 2 N–H and O–H groups in total. The molecule has 8 heteroatoms. The molecule has 0 aliphatic heterocycles. The molecule has 28 heavy (non-hydrogen) atoms. The Morgan fingerprint density at radius 2 is 1.75 bits per heavy atom. The molecule has 2 aromatic rings. The number of carbonyl (C=O) groups excluding carboxylic acids is 1. The topological polar surface area (TPSA) is 86.7 Å². The van der Waals surface area contributed by atoms with Crippen molar-refractivity contribution in [1.82, 2.24) is 4.31 Å². The van der Waals surface area contributed by atoms with E-state index in [9.17, 15) is 18.3 Å². The highest BCUT2D eigenvalue weighted by molar-refractivity contribution is 9.10. The molecule has 0 aromatic heterocycles. The molecule has 0 atom stereocenters. The summed E-state index contributed by atoms with van der Waals surface area (Å²) in [5.74, 6) is -0.416. The molecule has 1 aliphatic rings. The Balaban J connectivity index is 1.89. The van der Waals surface area contributed by atoms with Gasteiger partial charge in [-0.15, -0.1) is 0 Å². The Labute approximate surface area is 173 Å². The van der Waals surface area contributed by atoms with E-state index < -0.39 is 15.4 Å². The molecular formula is C20H23BrN2O4S. The number of anilines is 1. The standard InChI is InChI=1S/C20H23BrN2O4S/c1-3-23(4-2)28(26,27)16-9-10-18(24)17(13-16)22-19(25)20(11-12-20)14-5-7-15(21)8-6-14/h5-10,13,24H,3-4,11-12H2,1-2H3,(H,22,25). The molecule has 1 amide bonds. The first-order chi connectivity index (χ1) is 13.2. The van der Waals surface area contributed by atoms with Crippen LogP contribution in [-0.2, 0) is 20.2 Å². The molecule has 3 rings (SSSR count). The van der Waals surface area contributed by atoms with Crippen molar-refractivity contribution in [2.45, 2.75) is 37.0 Å². The number of sulfonamides is 1. The van der Waals surface area contributed by atoms with Gasteiger partial charge in [0.15, 0.2) is 0 Å². The zero-order chi connectivity index (χ0) is 20.5. The fourth-order valence-electron chi connectivity index (χ4n) is 3.27. The zero-order valence-corrected chi connectivity index (χ0v) is 18.2. The highest BCUT2D eigenvalue weighted by atomic mass is 79.9. The predicted molar refractivity (Wildman–Crippen MR) is 112 cm³/mol. The molecule has 1 fully saturated rings. The Morgan fingerprint density at radius 3 is 2.29 bits per heavy atom. The quantitative estimate of drug-likeness (QED) is 0.606. The lowest BCUT2D eigenvalue weighted by Gasteiger charge is -2.20. The number of hydrogen-bond donors (Lipinski definition) is 2. The summed E-state index contributed by atoms with van der Waals surface area (Å²) >= 11 is 3.39. The van der Waals surface area contributed by atoms with E-state index in [-0.39, 0.29) is 22.2 Å². The zero-order valence-electron chi connectivity index (χ0n) is 15.8. The molecule has 150 valence electrons. The third-order valence-electron chi connectivity index (χ3n) is 5.14. The molecule has 2 aromatic carbocycles. The Kier molecular flexibility index (Phi) is 5.84. The molecule has 0 spiro atoms. The maximum atomic E-state index is 12.9. The number of rotatable bonds is 7. The summed E-state index contributed by atoms with van der Waals surface area (Å²) in [6, 6.07) is 11.5.